The van der Waals surface area contributed by atoms with Gasteiger partial charge >= 0.3 is 0 Å². The van der Waals surface area contributed by atoms with E-state index in [0.29, 0.717) is 17.0 Å². The standard InChI is InChI=1S/C11H16N4O2S2/c1-6(2)9-12-10(17-15-9)7(3)19-11-14-13-8(16-11)5-18-4/h6-7H,5H2,1-4H3. The lowest BCUT2D eigenvalue weighted by atomic mass is 10.2. The van der Waals surface area contributed by atoms with Crippen LogP contribution in [-0.2, 0) is 5.75 Å². The Kier molecular flexibility index (Phi) is 4.87. The second kappa shape index (κ2) is 6.42. The molecule has 0 aliphatic rings. The maximum atomic E-state index is 5.50. The third kappa shape index (κ3) is 3.73. The summed E-state index contributed by atoms with van der Waals surface area (Å²) in [6, 6.07) is 0. The Morgan fingerprint density at radius 2 is 2.00 bits per heavy atom. The van der Waals surface area contributed by atoms with Crippen molar-refractivity contribution in [2.75, 3.05) is 6.26 Å². The molecule has 2 aromatic heterocycles. The monoisotopic (exact) mass is 300 g/mol. The Morgan fingerprint density at radius 3 is 2.63 bits per heavy atom. The number of aromatic nitrogens is 4. The Balaban J connectivity index is 2.00. The van der Waals surface area contributed by atoms with Crippen LogP contribution in [0.4, 0.5) is 0 Å². The van der Waals surface area contributed by atoms with Gasteiger partial charge in [-0.25, -0.2) is 0 Å². The molecule has 0 saturated carbocycles. The first-order valence-electron chi connectivity index (χ1n) is 5.91. The van der Waals surface area contributed by atoms with Gasteiger partial charge in [0.1, 0.15) is 0 Å². The number of thioether (sulfide) groups is 2. The minimum Gasteiger partial charge on any atom is -0.415 e. The minimum absolute atomic E-state index is 0.0115. The Bertz CT molecular complexity index is 526. The molecule has 0 aliphatic heterocycles. The van der Waals surface area contributed by atoms with E-state index in [9.17, 15) is 0 Å². The van der Waals surface area contributed by atoms with Gasteiger partial charge in [-0.15, -0.1) is 10.2 Å². The number of hydrogen-bond acceptors (Lipinski definition) is 8. The van der Waals surface area contributed by atoms with Gasteiger partial charge in [-0.05, 0) is 13.2 Å². The van der Waals surface area contributed by atoms with Crippen LogP contribution >= 0.6 is 23.5 Å². The van der Waals surface area contributed by atoms with Crippen LogP contribution in [0, 0.1) is 0 Å². The highest BCUT2D eigenvalue weighted by molar-refractivity contribution is 7.99. The highest BCUT2D eigenvalue weighted by atomic mass is 32.2. The minimum atomic E-state index is -0.0115. The van der Waals surface area contributed by atoms with E-state index < -0.39 is 0 Å². The van der Waals surface area contributed by atoms with Crippen molar-refractivity contribution in [1.29, 1.82) is 0 Å². The fourth-order valence-electron chi connectivity index (χ4n) is 1.32. The zero-order valence-corrected chi connectivity index (χ0v) is 12.9. The molecule has 0 aromatic carbocycles. The summed E-state index contributed by atoms with van der Waals surface area (Å²) in [6.07, 6.45) is 1.99. The van der Waals surface area contributed by atoms with Crippen molar-refractivity contribution in [3.8, 4) is 0 Å². The maximum absolute atomic E-state index is 5.50. The number of nitrogens with zero attached hydrogens (tertiary/aromatic N) is 4. The van der Waals surface area contributed by atoms with Crippen molar-refractivity contribution in [3.05, 3.63) is 17.6 Å². The average molecular weight is 300 g/mol. The van der Waals surface area contributed by atoms with E-state index in [1.54, 1.807) is 11.8 Å². The van der Waals surface area contributed by atoms with Crippen molar-refractivity contribution >= 4 is 23.5 Å². The third-order valence-electron chi connectivity index (χ3n) is 2.32. The van der Waals surface area contributed by atoms with Gasteiger partial charge < -0.3 is 8.94 Å². The Hall–Kier alpha value is -1.02. The number of rotatable bonds is 6. The van der Waals surface area contributed by atoms with Crippen LogP contribution in [-0.4, -0.2) is 26.6 Å². The van der Waals surface area contributed by atoms with Gasteiger partial charge in [-0.3, -0.25) is 0 Å². The lowest BCUT2D eigenvalue weighted by Crippen LogP contribution is -1.92. The van der Waals surface area contributed by atoms with E-state index in [-0.39, 0.29) is 11.2 Å². The SMILES string of the molecule is CSCc1nnc(SC(C)c2nc(C(C)C)no2)o1. The van der Waals surface area contributed by atoms with Crippen molar-refractivity contribution in [1.82, 2.24) is 20.3 Å². The van der Waals surface area contributed by atoms with Crippen LogP contribution in [0.5, 0.6) is 0 Å². The van der Waals surface area contributed by atoms with Gasteiger partial charge in [-0.2, -0.15) is 16.7 Å². The van der Waals surface area contributed by atoms with E-state index in [1.165, 1.54) is 11.8 Å². The van der Waals surface area contributed by atoms with Crippen LogP contribution < -0.4 is 0 Å². The lowest BCUT2D eigenvalue weighted by molar-refractivity contribution is 0.371. The molecule has 0 radical (unpaired) electrons. The summed E-state index contributed by atoms with van der Waals surface area (Å²) in [5.74, 6) is 2.91. The largest absolute Gasteiger partial charge is 0.415 e. The molecule has 19 heavy (non-hydrogen) atoms. The first kappa shape index (κ1) is 14.4. The summed E-state index contributed by atoms with van der Waals surface area (Å²) in [6.45, 7) is 6.03. The average Bonchev–Trinajstić information content (AvgIpc) is 2.98. The van der Waals surface area contributed by atoms with E-state index in [4.69, 9.17) is 8.94 Å². The molecular weight excluding hydrogens is 284 g/mol. The van der Waals surface area contributed by atoms with Gasteiger partial charge in [0.2, 0.25) is 11.8 Å². The molecule has 2 rings (SSSR count). The topological polar surface area (TPSA) is 77.8 Å². The van der Waals surface area contributed by atoms with E-state index in [2.05, 4.69) is 20.3 Å². The molecule has 0 amide bonds. The summed E-state index contributed by atoms with van der Waals surface area (Å²) in [7, 11) is 0. The predicted octanol–water partition coefficient (Wildman–Crippen LogP) is 3.29. The lowest BCUT2D eigenvalue weighted by Gasteiger charge is -2.01. The van der Waals surface area contributed by atoms with Gasteiger partial charge in [-0.1, -0.05) is 30.8 Å². The van der Waals surface area contributed by atoms with Crippen molar-refractivity contribution in [2.24, 2.45) is 0 Å². The zero-order valence-electron chi connectivity index (χ0n) is 11.3. The molecule has 6 nitrogen and oxygen atoms in total. The predicted molar refractivity (Wildman–Crippen MR) is 74.2 cm³/mol. The normalized spacial score (nSPS) is 13.1. The molecule has 8 heteroatoms. The van der Waals surface area contributed by atoms with Crippen LogP contribution in [0.15, 0.2) is 14.2 Å². The zero-order chi connectivity index (χ0) is 13.8. The van der Waals surface area contributed by atoms with Gasteiger partial charge in [0.15, 0.2) is 5.82 Å². The van der Waals surface area contributed by atoms with E-state index >= 15 is 0 Å². The molecule has 0 N–H and O–H groups in total. The fraction of sp³-hybridized carbons (Fsp3) is 0.636. The van der Waals surface area contributed by atoms with Gasteiger partial charge in [0.05, 0.1) is 11.0 Å². The number of hydrogen-bond donors (Lipinski definition) is 0. The van der Waals surface area contributed by atoms with Crippen LogP contribution in [0.3, 0.4) is 0 Å². The van der Waals surface area contributed by atoms with Gasteiger partial charge in [0.25, 0.3) is 5.22 Å². The molecule has 104 valence electrons. The smallest absolute Gasteiger partial charge is 0.277 e. The van der Waals surface area contributed by atoms with Crippen LogP contribution in [0.1, 0.15) is 49.5 Å². The van der Waals surface area contributed by atoms with E-state index in [0.717, 1.165) is 11.6 Å². The molecule has 0 spiro atoms. The second-order valence-corrected chi connectivity index (χ2v) is 6.46. The molecule has 0 fully saturated rings. The quantitative estimate of drug-likeness (QED) is 0.752. The molecule has 1 atom stereocenters. The molecule has 0 bridgehead atoms. The second-order valence-electron chi connectivity index (χ2n) is 4.30. The molecule has 2 aromatic rings. The highest BCUT2D eigenvalue weighted by Crippen LogP contribution is 2.33. The van der Waals surface area contributed by atoms with Crippen LogP contribution in [0.2, 0.25) is 0 Å². The van der Waals surface area contributed by atoms with E-state index in [1.807, 2.05) is 27.0 Å². The summed E-state index contributed by atoms with van der Waals surface area (Å²) in [4.78, 5) is 4.36. The molecule has 1 unspecified atom stereocenters. The Morgan fingerprint density at radius 1 is 1.21 bits per heavy atom. The molecule has 0 saturated heterocycles. The molecule has 2 heterocycles. The molecular formula is C11H16N4O2S2. The summed E-state index contributed by atoms with van der Waals surface area (Å²) in [5, 5.41) is 12.4. The van der Waals surface area contributed by atoms with Gasteiger partial charge in [0, 0.05) is 5.92 Å². The first-order chi connectivity index (χ1) is 9.10. The Labute approximate surface area is 120 Å². The summed E-state index contributed by atoms with van der Waals surface area (Å²) < 4.78 is 10.7. The van der Waals surface area contributed by atoms with Crippen molar-refractivity contribution in [2.45, 2.75) is 42.9 Å². The summed E-state index contributed by atoms with van der Waals surface area (Å²) >= 11 is 3.07. The summed E-state index contributed by atoms with van der Waals surface area (Å²) in [5.41, 5.74) is 0. The fourth-order valence-corrected chi connectivity index (χ4v) is 2.41. The first-order valence-corrected chi connectivity index (χ1v) is 8.19. The third-order valence-corrected chi connectivity index (χ3v) is 3.77. The van der Waals surface area contributed by atoms with Crippen LogP contribution in [0.25, 0.3) is 0 Å². The molecule has 0 aliphatic carbocycles. The maximum Gasteiger partial charge on any atom is 0.277 e. The van der Waals surface area contributed by atoms with Crippen molar-refractivity contribution in [3.63, 3.8) is 0 Å². The van der Waals surface area contributed by atoms with Crippen molar-refractivity contribution < 1.29 is 8.94 Å². The highest BCUT2D eigenvalue weighted by Gasteiger charge is 2.19.